The summed E-state index contributed by atoms with van der Waals surface area (Å²) in [6, 6.07) is 0.332. The summed E-state index contributed by atoms with van der Waals surface area (Å²) in [5.74, 6) is -5.84. The Morgan fingerprint density at radius 2 is 1.44 bits per heavy atom. The molecule has 1 aliphatic rings. The quantitative estimate of drug-likeness (QED) is 0.554. The lowest BCUT2D eigenvalue weighted by molar-refractivity contribution is -0.140. The van der Waals surface area contributed by atoms with Gasteiger partial charge < -0.3 is 4.90 Å². The summed E-state index contributed by atoms with van der Waals surface area (Å²) in [6.45, 7) is 0.665. The van der Waals surface area contributed by atoms with E-state index in [1.807, 2.05) is 0 Å². The Labute approximate surface area is 99.0 Å². The van der Waals surface area contributed by atoms with Gasteiger partial charge in [0.2, 0.25) is 0 Å². The predicted octanol–water partition coefficient (Wildman–Crippen LogP) is 3.72. The number of hydrogen-bond donors (Lipinski definition) is 0. The van der Waals surface area contributed by atoms with E-state index < -0.39 is 34.9 Å². The second kappa shape index (κ2) is 4.37. The van der Waals surface area contributed by atoms with Crippen molar-refractivity contribution in [3.63, 3.8) is 0 Å². The van der Waals surface area contributed by atoms with Crippen molar-refractivity contribution < 1.29 is 26.3 Å². The van der Waals surface area contributed by atoms with Crippen LogP contribution in [0.4, 0.5) is 32.0 Å². The predicted molar refractivity (Wildman–Crippen MR) is 52.8 cm³/mol. The van der Waals surface area contributed by atoms with Crippen LogP contribution in [0, 0.1) is 17.5 Å². The molecule has 0 atom stereocenters. The van der Waals surface area contributed by atoms with Crippen LogP contribution in [0.1, 0.15) is 18.4 Å². The molecule has 18 heavy (non-hydrogen) atoms. The molecule has 0 amide bonds. The molecule has 1 fully saturated rings. The minimum absolute atomic E-state index is 0.332. The minimum atomic E-state index is -5.05. The van der Waals surface area contributed by atoms with E-state index in [0.29, 0.717) is 32.0 Å². The van der Waals surface area contributed by atoms with Gasteiger partial charge in [0.15, 0.2) is 17.5 Å². The molecule has 1 aromatic carbocycles. The number of halogens is 6. The third-order valence-electron chi connectivity index (χ3n) is 2.88. The van der Waals surface area contributed by atoms with E-state index in [0.717, 1.165) is 0 Å². The summed E-state index contributed by atoms with van der Waals surface area (Å²) in [6.07, 6.45) is -3.69. The molecular formula is C11H9F6N. The second-order valence-electron chi connectivity index (χ2n) is 4.08. The Bertz CT molecular complexity index is 462. The van der Waals surface area contributed by atoms with Crippen LogP contribution in [0.25, 0.3) is 0 Å². The zero-order valence-corrected chi connectivity index (χ0v) is 9.12. The van der Waals surface area contributed by atoms with E-state index in [9.17, 15) is 26.3 Å². The summed E-state index contributed by atoms with van der Waals surface area (Å²) in [4.78, 5) is 1.28. The van der Waals surface area contributed by atoms with E-state index in [4.69, 9.17) is 0 Å². The van der Waals surface area contributed by atoms with Crippen molar-refractivity contribution in [2.24, 2.45) is 0 Å². The van der Waals surface area contributed by atoms with Gasteiger partial charge in [-0.2, -0.15) is 13.2 Å². The van der Waals surface area contributed by atoms with E-state index in [2.05, 4.69) is 0 Å². The fraction of sp³-hybridized carbons (Fsp3) is 0.455. The smallest absolute Gasteiger partial charge is 0.369 e. The van der Waals surface area contributed by atoms with Crippen LogP contribution in [-0.4, -0.2) is 13.1 Å². The first-order valence-electron chi connectivity index (χ1n) is 5.32. The summed E-state index contributed by atoms with van der Waals surface area (Å²) < 4.78 is 77.1. The molecule has 0 bridgehead atoms. The van der Waals surface area contributed by atoms with Gasteiger partial charge in [-0.05, 0) is 18.9 Å². The molecule has 0 spiro atoms. The van der Waals surface area contributed by atoms with Gasteiger partial charge in [-0.25, -0.2) is 13.2 Å². The van der Waals surface area contributed by atoms with Gasteiger partial charge in [0.25, 0.3) is 0 Å². The summed E-state index contributed by atoms with van der Waals surface area (Å²) in [7, 11) is 0. The highest BCUT2D eigenvalue weighted by Crippen LogP contribution is 2.37. The summed E-state index contributed by atoms with van der Waals surface area (Å²) in [5, 5.41) is 0. The third-order valence-corrected chi connectivity index (χ3v) is 2.88. The van der Waals surface area contributed by atoms with Crippen LogP contribution in [0.15, 0.2) is 6.07 Å². The van der Waals surface area contributed by atoms with E-state index in [-0.39, 0.29) is 0 Å². The third kappa shape index (κ3) is 2.13. The van der Waals surface area contributed by atoms with Crippen molar-refractivity contribution in [1.82, 2.24) is 0 Å². The Kier molecular flexibility index (Phi) is 3.16. The summed E-state index contributed by atoms with van der Waals surface area (Å²) >= 11 is 0. The fourth-order valence-electron chi connectivity index (χ4n) is 1.98. The first kappa shape index (κ1) is 13.0. The molecule has 1 saturated heterocycles. The maximum absolute atomic E-state index is 13.5. The molecular weight excluding hydrogens is 260 g/mol. The zero-order chi connectivity index (χ0) is 13.5. The van der Waals surface area contributed by atoms with Gasteiger partial charge in [0.1, 0.15) is 0 Å². The Morgan fingerprint density at radius 3 is 1.94 bits per heavy atom. The maximum atomic E-state index is 13.5. The van der Waals surface area contributed by atoms with Gasteiger partial charge in [-0.15, -0.1) is 0 Å². The number of anilines is 1. The molecule has 0 N–H and O–H groups in total. The molecule has 2 rings (SSSR count). The molecule has 1 heterocycles. The Balaban J connectivity index is 2.56. The molecule has 0 saturated carbocycles. The molecule has 0 unspecified atom stereocenters. The van der Waals surface area contributed by atoms with Crippen molar-refractivity contribution in [3.05, 3.63) is 29.1 Å². The first-order chi connectivity index (χ1) is 8.32. The number of rotatable bonds is 1. The fourth-order valence-corrected chi connectivity index (χ4v) is 1.98. The first-order valence-corrected chi connectivity index (χ1v) is 5.32. The van der Waals surface area contributed by atoms with Gasteiger partial charge in [0, 0.05) is 13.1 Å². The SMILES string of the molecule is Fc1c(N2CCCC2)cc(C(F)(F)F)c(F)c1F. The van der Waals surface area contributed by atoms with Crippen LogP contribution in [0.2, 0.25) is 0 Å². The zero-order valence-electron chi connectivity index (χ0n) is 9.12. The molecule has 1 aliphatic heterocycles. The van der Waals surface area contributed by atoms with Crippen molar-refractivity contribution in [2.75, 3.05) is 18.0 Å². The second-order valence-corrected chi connectivity index (χ2v) is 4.08. The van der Waals surface area contributed by atoms with Crippen LogP contribution in [-0.2, 0) is 6.18 Å². The Hall–Kier alpha value is -1.40. The molecule has 1 nitrogen and oxygen atoms in total. The van der Waals surface area contributed by atoms with E-state index in [1.165, 1.54) is 4.90 Å². The molecule has 7 heteroatoms. The van der Waals surface area contributed by atoms with Gasteiger partial charge in [0.05, 0.1) is 11.3 Å². The highest BCUT2D eigenvalue weighted by Gasteiger charge is 2.38. The van der Waals surface area contributed by atoms with Crippen molar-refractivity contribution in [2.45, 2.75) is 19.0 Å². The molecule has 100 valence electrons. The maximum Gasteiger partial charge on any atom is 0.419 e. The topological polar surface area (TPSA) is 3.24 Å². The van der Waals surface area contributed by atoms with Crippen LogP contribution >= 0.6 is 0 Å². The lowest BCUT2D eigenvalue weighted by atomic mass is 10.1. The highest BCUT2D eigenvalue weighted by molar-refractivity contribution is 5.52. The van der Waals surface area contributed by atoms with Crippen LogP contribution < -0.4 is 4.90 Å². The standard InChI is InChI=1S/C11H9F6N/c12-8-6(11(15,16)17)5-7(9(13)10(8)14)18-3-1-2-4-18/h5H,1-4H2. The monoisotopic (exact) mass is 269 g/mol. The van der Waals surface area contributed by atoms with Crippen LogP contribution in [0.3, 0.4) is 0 Å². The largest absolute Gasteiger partial charge is 0.419 e. The Morgan fingerprint density at radius 1 is 0.889 bits per heavy atom. The van der Waals surface area contributed by atoms with Crippen molar-refractivity contribution in [3.8, 4) is 0 Å². The lowest BCUT2D eigenvalue weighted by Crippen LogP contribution is -2.22. The van der Waals surface area contributed by atoms with Crippen LogP contribution in [0.5, 0.6) is 0 Å². The number of nitrogens with zero attached hydrogens (tertiary/aromatic N) is 1. The number of benzene rings is 1. The summed E-state index contributed by atoms with van der Waals surface area (Å²) in [5.41, 5.74) is -2.30. The molecule has 0 aromatic heterocycles. The van der Waals surface area contributed by atoms with E-state index in [1.54, 1.807) is 0 Å². The highest BCUT2D eigenvalue weighted by atomic mass is 19.4. The average molecular weight is 269 g/mol. The van der Waals surface area contributed by atoms with Crippen molar-refractivity contribution >= 4 is 5.69 Å². The van der Waals surface area contributed by atoms with E-state index >= 15 is 0 Å². The van der Waals surface area contributed by atoms with Gasteiger partial charge >= 0.3 is 6.18 Å². The lowest BCUT2D eigenvalue weighted by Gasteiger charge is -2.20. The minimum Gasteiger partial charge on any atom is -0.369 e. The van der Waals surface area contributed by atoms with Gasteiger partial charge in [-0.1, -0.05) is 0 Å². The normalized spacial score (nSPS) is 16.4. The molecule has 0 radical (unpaired) electrons. The average Bonchev–Trinajstić information content (AvgIpc) is 2.78. The number of alkyl halides is 3. The van der Waals surface area contributed by atoms with Gasteiger partial charge in [-0.3, -0.25) is 0 Å². The van der Waals surface area contributed by atoms with Crippen molar-refractivity contribution in [1.29, 1.82) is 0 Å². The molecule has 0 aliphatic carbocycles. The molecule has 1 aromatic rings. The number of hydrogen-bond acceptors (Lipinski definition) is 1.